The monoisotopic (exact) mass is 275 g/mol. The molecule has 3 heteroatoms. The highest BCUT2D eigenvalue weighted by Crippen LogP contribution is 2.41. The van der Waals surface area contributed by atoms with Gasteiger partial charge in [-0.3, -0.25) is 4.98 Å². The smallest absolute Gasteiger partial charge is 0.146 e. The molecule has 3 rings (SSSR count). The van der Waals surface area contributed by atoms with Gasteiger partial charge in [0, 0.05) is 21.8 Å². The van der Waals surface area contributed by atoms with Gasteiger partial charge in [-0.05, 0) is 31.2 Å². The summed E-state index contributed by atoms with van der Waals surface area (Å²) >= 11 is 3.48. The zero-order valence-electron chi connectivity index (χ0n) is 8.77. The summed E-state index contributed by atoms with van der Waals surface area (Å²) in [6, 6.07) is 10.1. The Morgan fingerprint density at radius 3 is 3.06 bits per heavy atom. The van der Waals surface area contributed by atoms with Crippen molar-refractivity contribution in [3.63, 3.8) is 0 Å². The van der Waals surface area contributed by atoms with Crippen LogP contribution in [0, 0.1) is 0 Å². The topological polar surface area (TPSA) is 22.1 Å². The van der Waals surface area contributed by atoms with Crippen LogP contribution < -0.4 is 4.74 Å². The van der Waals surface area contributed by atoms with Crippen LogP contribution >= 0.6 is 15.9 Å². The quantitative estimate of drug-likeness (QED) is 0.726. The Morgan fingerprint density at radius 1 is 1.31 bits per heavy atom. The maximum absolute atomic E-state index is 5.83. The molecule has 0 aliphatic carbocycles. The van der Waals surface area contributed by atoms with Crippen molar-refractivity contribution in [3.05, 3.63) is 46.6 Å². The molecule has 0 saturated heterocycles. The molecule has 2 aromatic rings. The van der Waals surface area contributed by atoms with E-state index in [1.165, 1.54) is 5.56 Å². The Balaban J connectivity index is 2.28. The summed E-state index contributed by atoms with van der Waals surface area (Å²) in [5.74, 6) is 0.866. The van der Waals surface area contributed by atoms with Gasteiger partial charge in [0.15, 0.2) is 0 Å². The summed E-state index contributed by atoms with van der Waals surface area (Å²) in [5.41, 5.74) is 3.28. The van der Waals surface area contributed by atoms with Crippen molar-refractivity contribution >= 4 is 15.9 Å². The first-order chi connectivity index (χ1) is 7.75. The van der Waals surface area contributed by atoms with Crippen molar-refractivity contribution in [1.82, 2.24) is 4.98 Å². The number of nitrogens with zero attached hydrogens (tertiary/aromatic N) is 1. The molecule has 0 saturated carbocycles. The normalized spacial score (nSPS) is 17.2. The highest BCUT2D eigenvalue weighted by molar-refractivity contribution is 9.10. The van der Waals surface area contributed by atoms with Crippen molar-refractivity contribution in [3.8, 4) is 17.0 Å². The highest BCUT2D eigenvalue weighted by Gasteiger charge is 2.23. The first kappa shape index (κ1) is 9.85. The minimum atomic E-state index is 0.0733. The Kier molecular flexibility index (Phi) is 2.21. The Morgan fingerprint density at radius 2 is 2.19 bits per heavy atom. The molecule has 0 amide bonds. The van der Waals surface area contributed by atoms with E-state index in [-0.39, 0.29) is 6.10 Å². The molecule has 1 aliphatic heterocycles. The average Bonchev–Trinajstić information content (AvgIpc) is 2.29. The first-order valence-corrected chi connectivity index (χ1v) is 5.96. The minimum absolute atomic E-state index is 0.0733. The lowest BCUT2D eigenvalue weighted by Gasteiger charge is -2.25. The molecular formula is C13H10BrNO. The average molecular weight is 276 g/mol. The molecular weight excluding hydrogens is 266 g/mol. The number of hydrogen-bond acceptors (Lipinski definition) is 2. The van der Waals surface area contributed by atoms with E-state index in [9.17, 15) is 0 Å². The predicted octanol–water partition coefficient (Wildman–Crippen LogP) is 3.96. The van der Waals surface area contributed by atoms with Crippen molar-refractivity contribution in [2.24, 2.45) is 0 Å². The van der Waals surface area contributed by atoms with E-state index in [1.54, 1.807) is 6.20 Å². The number of ether oxygens (including phenoxy) is 1. The highest BCUT2D eigenvalue weighted by atomic mass is 79.9. The molecule has 1 unspecified atom stereocenters. The third-order valence-electron chi connectivity index (χ3n) is 2.78. The second-order valence-electron chi connectivity index (χ2n) is 3.84. The van der Waals surface area contributed by atoms with Crippen LogP contribution in [0.2, 0.25) is 0 Å². The number of aromatic nitrogens is 1. The molecule has 0 fully saturated rings. The minimum Gasteiger partial charge on any atom is -0.484 e. The molecule has 1 aromatic carbocycles. The molecule has 0 N–H and O–H groups in total. The molecule has 80 valence electrons. The van der Waals surface area contributed by atoms with E-state index in [2.05, 4.69) is 40.0 Å². The van der Waals surface area contributed by atoms with E-state index in [0.29, 0.717) is 0 Å². The van der Waals surface area contributed by atoms with E-state index >= 15 is 0 Å². The van der Waals surface area contributed by atoms with Crippen LogP contribution in [0.1, 0.15) is 18.6 Å². The van der Waals surface area contributed by atoms with Crippen molar-refractivity contribution in [2.45, 2.75) is 13.0 Å². The van der Waals surface area contributed by atoms with Gasteiger partial charge >= 0.3 is 0 Å². The van der Waals surface area contributed by atoms with Gasteiger partial charge in [-0.1, -0.05) is 22.0 Å². The van der Waals surface area contributed by atoms with Crippen LogP contribution in [0.4, 0.5) is 0 Å². The molecule has 1 aliphatic rings. The standard InChI is InChI=1S/C13H10BrNO/c1-8-11-7-9(14)4-5-10(11)13-12(16-8)3-2-6-15-13/h2-8H,1H3. The van der Waals surface area contributed by atoms with Gasteiger partial charge in [0.25, 0.3) is 0 Å². The summed E-state index contributed by atoms with van der Waals surface area (Å²) in [6.45, 7) is 2.06. The molecule has 1 atom stereocenters. The van der Waals surface area contributed by atoms with E-state index < -0.39 is 0 Å². The Bertz CT molecular complexity index is 553. The number of benzene rings is 1. The number of halogens is 1. The summed E-state index contributed by atoms with van der Waals surface area (Å²) < 4.78 is 6.90. The van der Waals surface area contributed by atoms with Crippen LogP contribution in [0.5, 0.6) is 5.75 Å². The van der Waals surface area contributed by atoms with Gasteiger partial charge in [-0.2, -0.15) is 0 Å². The van der Waals surface area contributed by atoms with Crippen molar-refractivity contribution in [1.29, 1.82) is 0 Å². The van der Waals surface area contributed by atoms with Crippen LogP contribution in [0.3, 0.4) is 0 Å². The summed E-state index contributed by atoms with van der Waals surface area (Å²) in [6.07, 6.45) is 1.87. The predicted molar refractivity (Wildman–Crippen MR) is 66.4 cm³/mol. The lowest BCUT2D eigenvalue weighted by Crippen LogP contribution is -2.11. The SMILES string of the molecule is CC1Oc2cccnc2-c2ccc(Br)cc21. The van der Waals surface area contributed by atoms with Gasteiger partial charge in [0.1, 0.15) is 17.5 Å². The van der Waals surface area contributed by atoms with E-state index in [1.807, 2.05) is 18.2 Å². The second kappa shape index (κ2) is 3.59. The van der Waals surface area contributed by atoms with Gasteiger partial charge in [0.05, 0.1) is 0 Å². The van der Waals surface area contributed by atoms with Crippen LogP contribution in [-0.2, 0) is 0 Å². The van der Waals surface area contributed by atoms with Crippen LogP contribution in [-0.4, -0.2) is 4.98 Å². The second-order valence-corrected chi connectivity index (χ2v) is 4.76. The fraction of sp³-hybridized carbons (Fsp3) is 0.154. The maximum atomic E-state index is 5.83. The first-order valence-electron chi connectivity index (χ1n) is 5.17. The van der Waals surface area contributed by atoms with Gasteiger partial charge in [-0.25, -0.2) is 0 Å². The van der Waals surface area contributed by atoms with Gasteiger partial charge in [0.2, 0.25) is 0 Å². The third kappa shape index (κ3) is 1.43. The molecule has 2 heterocycles. The lowest BCUT2D eigenvalue weighted by molar-refractivity contribution is 0.222. The summed E-state index contributed by atoms with van der Waals surface area (Å²) in [4.78, 5) is 4.38. The largest absolute Gasteiger partial charge is 0.484 e. The maximum Gasteiger partial charge on any atom is 0.146 e. The Labute approximate surface area is 102 Å². The fourth-order valence-electron chi connectivity index (χ4n) is 2.03. The third-order valence-corrected chi connectivity index (χ3v) is 3.27. The molecule has 0 bridgehead atoms. The fourth-order valence-corrected chi connectivity index (χ4v) is 2.41. The zero-order valence-corrected chi connectivity index (χ0v) is 10.4. The number of hydrogen-bond donors (Lipinski definition) is 0. The number of rotatable bonds is 0. The number of fused-ring (bicyclic) bond motifs is 3. The van der Waals surface area contributed by atoms with Crippen molar-refractivity contribution < 1.29 is 4.74 Å². The number of pyridine rings is 1. The molecule has 0 radical (unpaired) electrons. The molecule has 16 heavy (non-hydrogen) atoms. The molecule has 2 nitrogen and oxygen atoms in total. The summed E-state index contributed by atoms with van der Waals surface area (Å²) in [5, 5.41) is 0. The van der Waals surface area contributed by atoms with E-state index in [0.717, 1.165) is 21.5 Å². The van der Waals surface area contributed by atoms with E-state index in [4.69, 9.17) is 4.74 Å². The van der Waals surface area contributed by atoms with Crippen LogP contribution in [0.15, 0.2) is 41.0 Å². The van der Waals surface area contributed by atoms with Gasteiger partial charge in [-0.15, -0.1) is 0 Å². The van der Waals surface area contributed by atoms with Gasteiger partial charge < -0.3 is 4.74 Å². The van der Waals surface area contributed by atoms with Crippen molar-refractivity contribution in [2.75, 3.05) is 0 Å². The van der Waals surface area contributed by atoms with Crippen LogP contribution in [0.25, 0.3) is 11.3 Å². The Hall–Kier alpha value is -1.35. The lowest BCUT2D eigenvalue weighted by atomic mass is 9.97. The molecule has 0 spiro atoms. The zero-order chi connectivity index (χ0) is 11.1. The molecule has 1 aromatic heterocycles. The summed E-state index contributed by atoms with van der Waals surface area (Å²) in [7, 11) is 0.